The molecule has 0 spiro atoms. The van der Waals surface area contributed by atoms with E-state index in [4.69, 9.17) is 14.6 Å². The van der Waals surface area contributed by atoms with Crippen LogP contribution in [0.3, 0.4) is 0 Å². The molecule has 5 nitrogen and oxygen atoms in total. The van der Waals surface area contributed by atoms with E-state index in [0.29, 0.717) is 19.1 Å². The number of carbonyl (C=O) groups excluding carboxylic acids is 1. The minimum atomic E-state index is -0.771. The first-order chi connectivity index (χ1) is 15.5. The molecule has 1 rings (SSSR count). The van der Waals surface area contributed by atoms with E-state index in [9.17, 15) is 9.59 Å². The van der Waals surface area contributed by atoms with Crippen molar-refractivity contribution in [1.82, 2.24) is 0 Å². The van der Waals surface area contributed by atoms with Gasteiger partial charge in [0.25, 0.3) is 0 Å². The molecule has 1 N–H and O–H groups in total. The van der Waals surface area contributed by atoms with Crippen LogP contribution in [0.4, 0.5) is 0 Å². The summed E-state index contributed by atoms with van der Waals surface area (Å²) in [5.74, 6) is -1.03. The molecule has 0 aliphatic heterocycles. The summed E-state index contributed by atoms with van der Waals surface area (Å²) < 4.78 is 11.7. The van der Waals surface area contributed by atoms with Gasteiger partial charge in [-0.25, -0.2) is 0 Å². The predicted molar refractivity (Wildman–Crippen MR) is 129 cm³/mol. The Labute approximate surface area is 194 Å². The fourth-order valence-electron chi connectivity index (χ4n) is 3.96. The molecular formula is C27H44O5. The third-order valence-corrected chi connectivity index (χ3v) is 5.76. The maximum atomic E-state index is 11.4. The smallest absolute Gasteiger partial charge is 0.303 e. The molecule has 2 unspecified atom stereocenters. The average Bonchev–Trinajstić information content (AvgIpc) is 2.77. The van der Waals surface area contributed by atoms with Gasteiger partial charge >= 0.3 is 11.9 Å². The molecule has 0 aliphatic carbocycles. The van der Waals surface area contributed by atoms with Crippen LogP contribution >= 0.6 is 0 Å². The van der Waals surface area contributed by atoms with E-state index in [-0.39, 0.29) is 18.5 Å². The molecule has 1 aromatic carbocycles. The Morgan fingerprint density at radius 2 is 1.38 bits per heavy atom. The highest BCUT2D eigenvalue weighted by Gasteiger charge is 2.13. The maximum Gasteiger partial charge on any atom is 0.303 e. The number of hydrogen-bond donors (Lipinski definition) is 1. The fraction of sp³-hybridized carbons (Fsp3) is 0.704. The van der Waals surface area contributed by atoms with Crippen molar-refractivity contribution in [2.75, 3.05) is 0 Å². The molecule has 0 bridgehead atoms. The number of unbranched alkanes of at least 4 members (excludes halogenated alkanes) is 6. The lowest BCUT2D eigenvalue weighted by molar-refractivity contribution is -0.147. The van der Waals surface area contributed by atoms with Gasteiger partial charge in [-0.15, -0.1) is 0 Å². The van der Waals surface area contributed by atoms with Gasteiger partial charge in [-0.05, 0) is 50.5 Å². The number of benzene rings is 1. The largest absolute Gasteiger partial charge is 0.481 e. The predicted octanol–water partition coefficient (Wildman–Crippen LogP) is 7.07. The van der Waals surface area contributed by atoms with Crippen molar-refractivity contribution in [2.24, 2.45) is 0 Å². The zero-order valence-electron chi connectivity index (χ0n) is 20.2. The Balaban J connectivity index is 2.33. The number of carboxylic acids is 1. The van der Waals surface area contributed by atoms with E-state index in [1.165, 1.54) is 38.2 Å². The molecule has 0 aromatic heterocycles. The highest BCUT2D eigenvalue weighted by Crippen LogP contribution is 2.19. The van der Waals surface area contributed by atoms with Crippen molar-refractivity contribution in [2.45, 2.75) is 123 Å². The van der Waals surface area contributed by atoms with Gasteiger partial charge in [0.2, 0.25) is 0 Å². The number of esters is 1. The lowest BCUT2D eigenvalue weighted by atomic mass is 10.0. The summed E-state index contributed by atoms with van der Waals surface area (Å²) in [7, 11) is 0. The van der Waals surface area contributed by atoms with Gasteiger partial charge in [-0.3, -0.25) is 9.59 Å². The third kappa shape index (κ3) is 15.9. The number of rotatable bonds is 20. The van der Waals surface area contributed by atoms with Crippen LogP contribution in [-0.2, 0) is 25.7 Å². The summed E-state index contributed by atoms with van der Waals surface area (Å²) in [4.78, 5) is 22.0. The van der Waals surface area contributed by atoms with E-state index < -0.39 is 5.97 Å². The van der Waals surface area contributed by atoms with E-state index in [1.807, 2.05) is 6.07 Å². The highest BCUT2D eigenvalue weighted by atomic mass is 16.5. The van der Waals surface area contributed by atoms with Crippen LogP contribution in [0, 0.1) is 0 Å². The lowest BCUT2D eigenvalue weighted by Gasteiger charge is -2.19. The standard InChI is InChI=1S/C27H44O5/c1-3-4-5-10-17-25(31-22-24-15-8-6-9-16-24)18-11-7-12-19-26(32-23(2)28)20-13-14-21-27(29)30/h6,8-9,15-16,25-26H,3-5,7,10-14,17-22H2,1-2H3,(H,29,30). The first-order valence-electron chi connectivity index (χ1n) is 12.6. The molecule has 0 amide bonds. The second-order valence-corrected chi connectivity index (χ2v) is 8.78. The Kier molecular flexibility index (Phi) is 16.4. The van der Waals surface area contributed by atoms with E-state index in [1.54, 1.807) is 0 Å². The number of carbonyl (C=O) groups is 2. The minimum Gasteiger partial charge on any atom is -0.481 e. The quantitative estimate of drug-likeness (QED) is 0.171. The van der Waals surface area contributed by atoms with Gasteiger partial charge in [-0.1, -0.05) is 75.8 Å². The summed E-state index contributed by atoms with van der Waals surface area (Å²) in [6.45, 7) is 4.35. The van der Waals surface area contributed by atoms with Gasteiger partial charge in [-0.2, -0.15) is 0 Å². The van der Waals surface area contributed by atoms with Gasteiger partial charge in [0.15, 0.2) is 0 Å². The zero-order valence-corrected chi connectivity index (χ0v) is 20.2. The normalized spacial score (nSPS) is 12.9. The van der Waals surface area contributed by atoms with Crippen molar-refractivity contribution < 1.29 is 24.2 Å². The lowest BCUT2D eigenvalue weighted by Crippen LogP contribution is -2.17. The van der Waals surface area contributed by atoms with E-state index in [0.717, 1.165) is 51.4 Å². The molecule has 1 aromatic rings. The average molecular weight is 449 g/mol. The second kappa shape index (κ2) is 18.7. The Morgan fingerprint density at radius 1 is 0.812 bits per heavy atom. The summed E-state index contributed by atoms with van der Waals surface area (Å²) in [6, 6.07) is 10.4. The Hall–Kier alpha value is -1.88. The fourth-order valence-corrected chi connectivity index (χ4v) is 3.96. The molecule has 0 fully saturated rings. The van der Waals surface area contributed by atoms with Crippen molar-refractivity contribution in [3.05, 3.63) is 35.9 Å². The summed E-state index contributed by atoms with van der Waals surface area (Å²) in [6.07, 6.45) is 13.8. The molecule has 5 heteroatoms. The van der Waals surface area contributed by atoms with Gasteiger partial charge < -0.3 is 14.6 Å². The van der Waals surface area contributed by atoms with Gasteiger partial charge in [0, 0.05) is 13.3 Å². The number of hydrogen-bond acceptors (Lipinski definition) is 4. The number of carboxylic acid groups (broad SMARTS) is 1. The van der Waals surface area contributed by atoms with Crippen LogP contribution in [0.1, 0.15) is 109 Å². The van der Waals surface area contributed by atoms with Crippen LogP contribution in [0.5, 0.6) is 0 Å². The number of ether oxygens (including phenoxy) is 2. The minimum absolute atomic E-state index is 0.0968. The van der Waals surface area contributed by atoms with Crippen molar-refractivity contribution in [1.29, 1.82) is 0 Å². The third-order valence-electron chi connectivity index (χ3n) is 5.76. The molecule has 32 heavy (non-hydrogen) atoms. The molecule has 0 saturated carbocycles. The van der Waals surface area contributed by atoms with Crippen molar-refractivity contribution in [3.63, 3.8) is 0 Å². The molecule has 0 radical (unpaired) electrons. The number of aliphatic carboxylic acids is 1. The first kappa shape index (κ1) is 28.2. The summed E-state index contributed by atoms with van der Waals surface area (Å²) in [5.41, 5.74) is 1.22. The van der Waals surface area contributed by atoms with E-state index in [2.05, 4.69) is 31.2 Å². The monoisotopic (exact) mass is 448 g/mol. The topological polar surface area (TPSA) is 72.8 Å². The molecule has 2 atom stereocenters. The van der Waals surface area contributed by atoms with Crippen LogP contribution in [0.25, 0.3) is 0 Å². The Bertz CT molecular complexity index is 601. The highest BCUT2D eigenvalue weighted by molar-refractivity contribution is 5.66. The van der Waals surface area contributed by atoms with E-state index >= 15 is 0 Å². The molecule has 0 saturated heterocycles. The molecular weight excluding hydrogens is 404 g/mol. The second-order valence-electron chi connectivity index (χ2n) is 8.78. The van der Waals surface area contributed by atoms with Crippen molar-refractivity contribution in [3.8, 4) is 0 Å². The van der Waals surface area contributed by atoms with Crippen LogP contribution in [0.15, 0.2) is 30.3 Å². The summed E-state index contributed by atoms with van der Waals surface area (Å²) in [5, 5.41) is 8.76. The Morgan fingerprint density at radius 3 is 1.94 bits per heavy atom. The van der Waals surface area contributed by atoms with Crippen LogP contribution < -0.4 is 0 Å². The van der Waals surface area contributed by atoms with Crippen LogP contribution in [0.2, 0.25) is 0 Å². The first-order valence-corrected chi connectivity index (χ1v) is 12.6. The van der Waals surface area contributed by atoms with Gasteiger partial charge in [0.05, 0.1) is 12.7 Å². The van der Waals surface area contributed by atoms with Crippen molar-refractivity contribution >= 4 is 11.9 Å². The molecule has 182 valence electrons. The zero-order chi connectivity index (χ0) is 23.4. The maximum absolute atomic E-state index is 11.4. The molecule has 0 heterocycles. The molecule has 0 aliphatic rings. The van der Waals surface area contributed by atoms with Gasteiger partial charge in [0.1, 0.15) is 6.10 Å². The summed E-state index contributed by atoms with van der Waals surface area (Å²) >= 11 is 0. The SMILES string of the molecule is CCCCCCC(CCCCCC(CCCCC(=O)O)OC(C)=O)OCc1ccccc1. The van der Waals surface area contributed by atoms with Crippen LogP contribution in [-0.4, -0.2) is 29.3 Å².